The van der Waals surface area contributed by atoms with Gasteiger partial charge >= 0.3 is 0 Å². The van der Waals surface area contributed by atoms with Crippen LogP contribution < -0.4 is 5.32 Å². The standard InChI is InChI=1S/C29H27FN4OS/c1-4-20-12-14-21(15-13-20)26-25(28-32-27(33-35-28)22-10-7-11-24(30)16-22)19(3)34(29(36)31-26)17-23-9-6-5-8-18(23)2/h5-16,26H,4,17H2,1-3H3,(H,31,36). The summed E-state index contributed by atoms with van der Waals surface area (Å²) in [6.45, 7) is 6.87. The molecule has 0 saturated heterocycles. The summed E-state index contributed by atoms with van der Waals surface area (Å²) >= 11 is 5.84. The van der Waals surface area contributed by atoms with E-state index >= 15 is 0 Å². The number of thiocarbonyl (C=S) groups is 1. The smallest absolute Gasteiger partial charge is 0.258 e. The van der Waals surface area contributed by atoms with Crippen molar-refractivity contribution in [2.75, 3.05) is 0 Å². The van der Waals surface area contributed by atoms with Gasteiger partial charge in [-0.05, 0) is 66.9 Å². The number of aromatic nitrogens is 2. The molecule has 0 saturated carbocycles. The normalized spacial score (nSPS) is 15.8. The molecule has 1 aromatic heterocycles. The van der Waals surface area contributed by atoms with Crippen LogP contribution in [0.15, 0.2) is 83.0 Å². The summed E-state index contributed by atoms with van der Waals surface area (Å²) in [5, 5.41) is 8.31. The van der Waals surface area contributed by atoms with Crippen molar-refractivity contribution in [2.24, 2.45) is 0 Å². The van der Waals surface area contributed by atoms with Crippen LogP contribution in [0.25, 0.3) is 17.0 Å². The molecule has 2 heterocycles. The highest BCUT2D eigenvalue weighted by Crippen LogP contribution is 2.38. The predicted octanol–water partition coefficient (Wildman–Crippen LogP) is 6.61. The summed E-state index contributed by atoms with van der Waals surface area (Å²) in [5.41, 5.74) is 7.01. The molecule has 1 aliphatic rings. The number of nitrogens with zero attached hydrogens (tertiary/aromatic N) is 3. The lowest BCUT2D eigenvalue weighted by atomic mass is 9.93. The molecule has 5 nitrogen and oxygen atoms in total. The van der Waals surface area contributed by atoms with E-state index in [-0.39, 0.29) is 11.9 Å². The molecule has 4 aromatic rings. The minimum atomic E-state index is -0.350. The number of benzene rings is 3. The second-order valence-corrected chi connectivity index (χ2v) is 9.31. The van der Waals surface area contributed by atoms with Gasteiger partial charge in [-0.3, -0.25) is 0 Å². The van der Waals surface area contributed by atoms with Crippen molar-refractivity contribution in [2.45, 2.75) is 39.8 Å². The van der Waals surface area contributed by atoms with Crippen LogP contribution in [-0.4, -0.2) is 20.2 Å². The van der Waals surface area contributed by atoms with Crippen molar-refractivity contribution in [3.8, 4) is 11.4 Å². The fraction of sp³-hybridized carbons (Fsp3) is 0.207. The van der Waals surface area contributed by atoms with Gasteiger partial charge in [-0.25, -0.2) is 4.39 Å². The minimum absolute atomic E-state index is 0.266. The highest BCUT2D eigenvalue weighted by molar-refractivity contribution is 7.80. The molecule has 1 unspecified atom stereocenters. The lowest BCUT2D eigenvalue weighted by Crippen LogP contribution is -2.45. The summed E-state index contributed by atoms with van der Waals surface area (Å²) in [6.07, 6.45) is 0.962. The van der Waals surface area contributed by atoms with Crippen LogP contribution in [0.3, 0.4) is 0 Å². The van der Waals surface area contributed by atoms with E-state index in [9.17, 15) is 4.39 Å². The number of nitrogens with one attached hydrogen (secondary N) is 1. The number of hydrogen-bond acceptors (Lipinski definition) is 4. The van der Waals surface area contributed by atoms with Gasteiger partial charge in [0, 0.05) is 11.3 Å². The molecule has 0 fully saturated rings. The molecule has 1 aliphatic heterocycles. The monoisotopic (exact) mass is 498 g/mol. The van der Waals surface area contributed by atoms with Gasteiger partial charge in [-0.1, -0.05) is 72.7 Å². The van der Waals surface area contributed by atoms with Crippen molar-refractivity contribution in [3.05, 3.63) is 112 Å². The molecule has 182 valence electrons. The fourth-order valence-corrected chi connectivity index (χ4v) is 4.80. The zero-order valence-corrected chi connectivity index (χ0v) is 21.3. The fourth-order valence-electron chi connectivity index (χ4n) is 4.48. The molecule has 1 N–H and O–H groups in total. The zero-order chi connectivity index (χ0) is 25.2. The van der Waals surface area contributed by atoms with Crippen LogP contribution in [0.2, 0.25) is 0 Å². The van der Waals surface area contributed by atoms with Crippen molar-refractivity contribution in [3.63, 3.8) is 0 Å². The van der Waals surface area contributed by atoms with Crippen molar-refractivity contribution >= 4 is 22.9 Å². The van der Waals surface area contributed by atoms with Crippen LogP contribution in [0, 0.1) is 12.7 Å². The maximum absolute atomic E-state index is 13.8. The first-order chi connectivity index (χ1) is 17.4. The van der Waals surface area contributed by atoms with Crippen LogP contribution in [0.1, 0.15) is 48.0 Å². The molecule has 0 amide bonds. The van der Waals surface area contributed by atoms with E-state index in [0.717, 1.165) is 23.3 Å². The van der Waals surface area contributed by atoms with E-state index < -0.39 is 0 Å². The molecular weight excluding hydrogens is 471 g/mol. The molecule has 0 spiro atoms. The van der Waals surface area contributed by atoms with E-state index in [1.54, 1.807) is 12.1 Å². The molecule has 0 aliphatic carbocycles. The van der Waals surface area contributed by atoms with Crippen molar-refractivity contribution in [1.29, 1.82) is 0 Å². The third-order valence-electron chi connectivity index (χ3n) is 6.65. The van der Waals surface area contributed by atoms with Gasteiger partial charge < -0.3 is 14.7 Å². The molecular formula is C29H27FN4OS. The second-order valence-electron chi connectivity index (χ2n) is 8.92. The third kappa shape index (κ3) is 4.66. The van der Waals surface area contributed by atoms with Crippen molar-refractivity contribution < 1.29 is 8.91 Å². The zero-order valence-electron chi connectivity index (χ0n) is 20.5. The lowest BCUT2D eigenvalue weighted by molar-refractivity contribution is 0.396. The summed E-state index contributed by atoms with van der Waals surface area (Å²) in [6, 6.07) is 22.6. The van der Waals surface area contributed by atoms with Crippen LogP contribution in [0.5, 0.6) is 0 Å². The van der Waals surface area contributed by atoms with Gasteiger partial charge in [0.15, 0.2) is 5.11 Å². The Morgan fingerprint density at radius 3 is 2.53 bits per heavy atom. The number of aryl methyl sites for hydroxylation is 2. The average Bonchev–Trinajstić information content (AvgIpc) is 3.37. The van der Waals surface area contributed by atoms with Crippen molar-refractivity contribution in [1.82, 2.24) is 20.4 Å². The van der Waals surface area contributed by atoms with Gasteiger partial charge in [0.25, 0.3) is 5.89 Å². The number of halogens is 1. The Morgan fingerprint density at radius 2 is 1.81 bits per heavy atom. The first-order valence-corrected chi connectivity index (χ1v) is 12.4. The first-order valence-electron chi connectivity index (χ1n) is 12.0. The van der Waals surface area contributed by atoms with E-state index in [2.05, 4.69) is 70.6 Å². The Bertz CT molecular complexity index is 1440. The minimum Gasteiger partial charge on any atom is -0.351 e. The Hall–Kier alpha value is -3.84. The van der Waals surface area contributed by atoms with Gasteiger partial charge in [-0.2, -0.15) is 4.98 Å². The highest BCUT2D eigenvalue weighted by atomic mass is 32.1. The summed E-state index contributed by atoms with van der Waals surface area (Å²) in [4.78, 5) is 6.74. The van der Waals surface area contributed by atoms with Gasteiger partial charge in [0.05, 0.1) is 18.2 Å². The Balaban J connectivity index is 1.60. The Kier molecular flexibility index (Phi) is 6.65. The maximum Gasteiger partial charge on any atom is 0.258 e. The maximum atomic E-state index is 13.8. The number of hydrogen-bond donors (Lipinski definition) is 1. The summed E-state index contributed by atoms with van der Waals surface area (Å²) < 4.78 is 19.6. The van der Waals surface area contributed by atoms with Gasteiger partial charge in [-0.15, -0.1) is 0 Å². The number of rotatable bonds is 6. The first kappa shape index (κ1) is 23.9. The third-order valence-corrected chi connectivity index (χ3v) is 6.98. The van der Waals surface area contributed by atoms with E-state index in [0.29, 0.717) is 28.9 Å². The number of allylic oxidation sites excluding steroid dienone is 1. The summed E-state index contributed by atoms with van der Waals surface area (Å²) in [5.74, 6) is 0.363. The van der Waals surface area contributed by atoms with Gasteiger partial charge in [0.1, 0.15) is 5.82 Å². The van der Waals surface area contributed by atoms with Crippen LogP contribution in [-0.2, 0) is 13.0 Å². The average molecular weight is 499 g/mol. The Labute approximate surface area is 215 Å². The SMILES string of the molecule is CCc1ccc(C2NC(=S)N(Cc3ccccc3C)C(C)=C2c2nc(-c3cccc(F)c3)no2)cc1. The second kappa shape index (κ2) is 10.0. The van der Waals surface area contributed by atoms with E-state index in [1.807, 2.05) is 19.1 Å². The Morgan fingerprint density at radius 1 is 1.03 bits per heavy atom. The molecule has 7 heteroatoms. The van der Waals surface area contributed by atoms with E-state index in [1.165, 1.54) is 28.8 Å². The molecule has 1 atom stereocenters. The van der Waals surface area contributed by atoms with E-state index in [4.69, 9.17) is 16.7 Å². The van der Waals surface area contributed by atoms with Gasteiger partial charge in [0.2, 0.25) is 5.82 Å². The largest absolute Gasteiger partial charge is 0.351 e. The molecule has 0 bridgehead atoms. The van der Waals surface area contributed by atoms with Crippen LogP contribution in [0.4, 0.5) is 4.39 Å². The quantitative estimate of drug-likeness (QED) is 0.302. The van der Waals surface area contributed by atoms with Crippen LogP contribution >= 0.6 is 12.2 Å². The summed E-state index contributed by atoms with van der Waals surface area (Å²) in [7, 11) is 0. The molecule has 0 radical (unpaired) electrons. The molecule has 3 aromatic carbocycles. The molecule has 5 rings (SSSR count). The topological polar surface area (TPSA) is 54.2 Å². The lowest BCUT2D eigenvalue weighted by Gasteiger charge is -2.37. The molecule has 36 heavy (non-hydrogen) atoms. The highest BCUT2D eigenvalue weighted by Gasteiger charge is 2.34. The predicted molar refractivity (Wildman–Crippen MR) is 143 cm³/mol.